The molecule has 1 aromatic heterocycles. The maximum absolute atomic E-state index is 11.7. The lowest BCUT2D eigenvalue weighted by molar-refractivity contribution is -0.119. The van der Waals surface area contributed by atoms with E-state index in [2.05, 4.69) is 10.5 Å². The van der Waals surface area contributed by atoms with Gasteiger partial charge in [-0.05, 0) is 25.1 Å². The van der Waals surface area contributed by atoms with E-state index in [-0.39, 0.29) is 5.76 Å². The Morgan fingerprint density at radius 3 is 2.48 bits per heavy atom. The fourth-order valence-electron chi connectivity index (χ4n) is 1.49. The van der Waals surface area contributed by atoms with E-state index in [0.717, 1.165) is 0 Å². The average molecular weight is 329 g/mol. The minimum absolute atomic E-state index is 0.0638. The summed E-state index contributed by atoms with van der Waals surface area (Å²) in [5.74, 6) is -1.36. The molecule has 0 atom stereocenters. The van der Waals surface area contributed by atoms with Crippen molar-refractivity contribution in [1.29, 1.82) is 0 Å². The molecule has 21 heavy (non-hydrogen) atoms. The quantitative estimate of drug-likeness (QED) is 0.872. The highest BCUT2D eigenvalue weighted by Gasteiger charge is 2.15. The number of halogens is 2. The van der Waals surface area contributed by atoms with E-state index < -0.39 is 18.5 Å². The van der Waals surface area contributed by atoms with Crippen molar-refractivity contribution in [2.75, 3.05) is 11.9 Å². The fraction of sp³-hybridized carbons (Fsp3) is 0.154. The predicted octanol–water partition coefficient (Wildman–Crippen LogP) is 3.09. The Bertz CT molecular complexity index is 664. The van der Waals surface area contributed by atoms with Gasteiger partial charge in [-0.1, -0.05) is 28.4 Å². The summed E-state index contributed by atoms with van der Waals surface area (Å²) in [5, 5.41) is 6.81. The van der Waals surface area contributed by atoms with E-state index in [1.54, 1.807) is 6.92 Å². The topological polar surface area (TPSA) is 81.4 Å². The highest BCUT2D eigenvalue weighted by molar-refractivity contribution is 6.35. The zero-order valence-electron chi connectivity index (χ0n) is 10.9. The van der Waals surface area contributed by atoms with E-state index in [9.17, 15) is 9.59 Å². The molecule has 1 aromatic carbocycles. The molecule has 8 heteroatoms. The molecule has 0 unspecified atom stereocenters. The first kappa shape index (κ1) is 15.3. The van der Waals surface area contributed by atoms with E-state index in [1.165, 1.54) is 24.3 Å². The summed E-state index contributed by atoms with van der Waals surface area (Å²) in [6, 6.07) is 5.99. The average Bonchev–Trinajstić information content (AvgIpc) is 2.81. The van der Waals surface area contributed by atoms with Crippen LogP contribution < -0.4 is 5.32 Å². The van der Waals surface area contributed by atoms with E-state index >= 15 is 0 Å². The molecule has 1 heterocycles. The minimum atomic E-state index is -0.769. The number of esters is 1. The highest BCUT2D eigenvalue weighted by atomic mass is 35.5. The smallest absolute Gasteiger partial charge is 0.377 e. The summed E-state index contributed by atoms with van der Waals surface area (Å²) >= 11 is 11.6. The summed E-state index contributed by atoms with van der Waals surface area (Å²) in [7, 11) is 0. The second-order valence-corrected chi connectivity index (χ2v) is 4.99. The van der Waals surface area contributed by atoms with Crippen LogP contribution in [0.25, 0.3) is 0 Å². The first-order valence-corrected chi connectivity index (χ1v) is 6.56. The van der Waals surface area contributed by atoms with Gasteiger partial charge in [0.25, 0.3) is 5.91 Å². The number of benzene rings is 1. The summed E-state index contributed by atoms with van der Waals surface area (Å²) in [6.45, 7) is 1.19. The van der Waals surface area contributed by atoms with Gasteiger partial charge >= 0.3 is 5.97 Å². The van der Waals surface area contributed by atoms with Gasteiger partial charge in [0.05, 0.1) is 5.69 Å². The van der Waals surface area contributed by atoms with Gasteiger partial charge in [-0.15, -0.1) is 0 Å². The number of ether oxygens (including phenoxy) is 1. The van der Waals surface area contributed by atoms with Crippen molar-refractivity contribution in [1.82, 2.24) is 5.16 Å². The minimum Gasteiger partial charge on any atom is -0.450 e. The largest absolute Gasteiger partial charge is 0.450 e. The Hall–Kier alpha value is -2.05. The number of hydrogen-bond donors (Lipinski definition) is 1. The molecule has 2 aromatic rings. The van der Waals surface area contributed by atoms with E-state index in [1.807, 2.05) is 0 Å². The third-order valence-electron chi connectivity index (χ3n) is 2.31. The normalized spacial score (nSPS) is 10.2. The predicted molar refractivity (Wildman–Crippen MR) is 76.6 cm³/mol. The molecule has 0 aliphatic rings. The van der Waals surface area contributed by atoms with Crippen molar-refractivity contribution in [3.8, 4) is 0 Å². The zero-order chi connectivity index (χ0) is 15.4. The number of hydrogen-bond acceptors (Lipinski definition) is 5. The van der Waals surface area contributed by atoms with Gasteiger partial charge in [0.15, 0.2) is 6.61 Å². The van der Waals surface area contributed by atoms with Gasteiger partial charge in [-0.2, -0.15) is 0 Å². The number of carbonyl (C=O) groups excluding carboxylic acids is 2. The van der Waals surface area contributed by atoms with Crippen LogP contribution in [0, 0.1) is 6.92 Å². The molecular formula is C13H10Cl2N2O4. The molecule has 2 rings (SSSR count). The van der Waals surface area contributed by atoms with Crippen molar-refractivity contribution in [2.24, 2.45) is 0 Å². The van der Waals surface area contributed by atoms with Crippen LogP contribution in [-0.2, 0) is 9.53 Å². The number of carbonyl (C=O) groups is 2. The Balaban J connectivity index is 1.88. The zero-order valence-corrected chi connectivity index (χ0v) is 12.4. The summed E-state index contributed by atoms with van der Waals surface area (Å²) in [6.07, 6.45) is 0. The first-order chi connectivity index (χ1) is 9.94. The number of aromatic nitrogens is 1. The Morgan fingerprint density at radius 1 is 1.24 bits per heavy atom. The molecule has 0 aliphatic heterocycles. The summed E-state index contributed by atoms with van der Waals surface area (Å²) < 4.78 is 9.50. The van der Waals surface area contributed by atoms with Crippen LogP contribution in [-0.4, -0.2) is 23.6 Å². The fourth-order valence-corrected chi connectivity index (χ4v) is 2.01. The maximum atomic E-state index is 11.7. The molecule has 6 nitrogen and oxygen atoms in total. The first-order valence-electron chi connectivity index (χ1n) is 5.80. The maximum Gasteiger partial charge on any atom is 0.377 e. The van der Waals surface area contributed by atoms with Gasteiger partial charge in [-0.25, -0.2) is 4.79 Å². The van der Waals surface area contributed by atoms with Crippen molar-refractivity contribution in [3.63, 3.8) is 0 Å². The molecule has 0 radical (unpaired) electrons. The van der Waals surface area contributed by atoms with Crippen molar-refractivity contribution in [2.45, 2.75) is 6.92 Å². The standard InChI is InChI=1S/C13H10Cl2N2O4/c1-7-2-11(21-17-7)13(19)20-6-12(18)16-10-4-8(14)3-9(15)5-10/h2-5H,6H2,1H3,(H,16,18). The second kappa shape index (κ2) is 6.60. The second-order valence-electron chi connectivity index (χ2n) is 4.11. The van der Waals surface area contributed by atoms with Crippen LogP contribution in [0.2, 0.25) is 10.0 Å². The molecule has 0 saturated carbocycles. The Morgan fingerprint density at radius 2 is 1.90 bits per heavy atom. The number of anilines is 1. The Kier molecular flexibility index (Phi) is 4.82. The Labute approximate surface area is 130 Å². The molecular weight excluding hydrogens is 319 g/mol. The monoisotopic (exact) mass is 328 g/mol. The lowest BCUT2D eigenvalue weighted by atomic mass is 10.3. The lowest BCUT2D eigenvalue weighted by Crippen LogP contribution is -2.20. The number of aryl methyl sites for hydroxylation is 1. The molecule has 0 spiro atoms. The number of nitrogens with one attached hydrogen (secondary N) is 1. The highest BCUT2D eigenvalue weighted by Crippen LogP contribution is 2.22. The van der Waals surface area contributed by atoms with Crippen LogP contribution in [0.1, 0.15) is 16.2 Å². The van der Waals surface area contributed by atoms with Crippen molar-refractivity contribution < 1.29 is 18.8 Å². The van der Waals surface area contributed by atoms with Crippen LogP contribution >= 0.6 is 23.2 Å². The van der Waals surface area contributed by atoms with Crippen LogP contribution in [0.3, 0.4) is 0 Å². The van der Waals surface area contributed by atoms with E-state index in [4.69, 9.17) is 32.5 Å². The molecule has 110 valence electrons. The third-order valence-corrected chi connectivity index (χ3v) is 2.75. The third kappa shape index (κ3) is 4.47. The molecule has 0 fully saturated rings. The molecule has 0 saturated heterocycles. The van der Waals surface area contributed by atoms with Gasteiger partial charge in [0.2, 0.25) is 5.76 Å². The summed E-state index contributed by atoms with van der Waals surface area (Å²) in [5.41, 5.74) is 0.948. The van der Waals surface area contributed by atoms with Gasteiger partial charge in [-0.3, -0.25) is 4.79 Å². The number of rotatable bonds is 4. The van der Waals surface area contributed by atoms with Crippen LogP contribution in [0.15, 0.2) is 28.8 Å². The van der Waals surface area contributed by atoms with Crippen molar-refractivity contribution >= 4 is 40.8 Å². The molecule has 0 bridgehead atoms. The SMILES string of the molecule is Cc1cc(C(=O)OCC(=O)Nc2cc(Cl)cc(Cl)c2)on1. The van der Waals surface area contributed by atoms with Crippen molar-refractivity contribution in [3.05, 3.63) is 45.8 Å². The van der Waals surface area contributed by atoms with E-state index in [0.29, 0.717) is 21.4 Å². The molecule has 0 aliphatic carbocycles. The molecule has 1 amide bonds. The van der Waals surface area contributed by atoms with Gasteiger partial charge in [0, 0.05) is 21.8 Å². The summed E-state index contributed by atoms with van der Waals surface area (Å²) in [4.78, 5) is 23.2. The van der Waals surface area contributed by atoms with Gasteiger partial charge in [0.1, 0.15) is 0 Å². The van der Waals surface area contributed by atoms with Gasteiger partial charge < -0.3 is 14.6 Å². The number of nitrogens with zero attached hydrogens (tertiary/aromatic N) is 1. The van der Waals surface area contributed by atoms with Crippen LogP contribution in [0.4, 0.5) is 5.69 Å². The number of amides is 1. The molecule has 1 N–H and O–H groups in total. The van der Waals surface area contributed by atoms with Crippen LogP contribution in [0.5, 0.6) is 0 Å². The lowest BCUT2D eigenvalue weighted by Gasteiger charge is -2.06.